The van der Waals surface area contributed by atoms with Crippen LogP contribution in [0.3, 0.4) is 0 Å². The van der Waals surface area contributed by atoms with Crippen LogP contribution >= 0.6 is 0 Å². The molecule has 0 aromatic heterocycles. The molecule has 0 aliphatic carbocycles. The average molecular weight is 327 g/mol. The van der Waals surface area contributed by atoms with Gasteiger partial charge < -0.3 is 5.32 Å². The molecule has 0 aliphatic rings. The van der Waals surface area contributed by atoms with Crippen LogP contribution < -0.4 is 5.32 Å². The number of likely N-dealkylation sites (N-methyl/N-ethyl adjacent to an activating group) is 1. The van der Waals surface area contributed by atoms with E-state index in [2.05, 4.69) is 81.1 Å². The molecule has 0 amide bonds. The Balaban J connectivity index is 4.41. The van der Waals surface area contributed by atoms with Gasteiger partial charge in [0.05, 0.1) is 5.70 Å². The number of rotatable bonds is 10. The molecule has 0 bridgehead atoms. The fraction of sp³-hybridized carbons (Fsp3) is 0.455. The van der Waals surface area contributed by atoms with Gasteiger partial charge >= 0.3 is 0 Å². The topological polar surface area (TPSA) is 15.3 Å². The molecule has 0 fully saturated rings. The van der Waals surface area contributed by atoms with Crippen LogP contribution in [-0.4, -0.2) is 31.1 Å². The van der Waals surface area contributed by atoms with E-state index in [0.717, 1.165) is 37.4 Å². The summed E-state index contributed by atoms with van der Waals surface area (Å²) in [6.45, 7) is 22.2. The summed E-state index contributed by atoms with van der Waals surface area (Å²) in [6, 6.07) is 0. The Morgan fingerprint density at radius 2 is 1.96 bits per heavy atom. The van der Waals surface area contributed by atoms with Crippen molar-refractivity contribution in [2.24, 2.45) is 5.92 Å². The van der Waals surface area contributed by atoms with Crippen LogP contribution in [0.15, 0.2) is 60.4 Å². The minimum Gasteiger partial charge on any atom is -0.377 e. The molecule has 0 heterocycles. The first-order valence-electron chi connectivity index (χ1n) is 8.72. The lowest BCUT2D eigenvalue weighted by molar-refractivity contribution is 0.315. The molecule has 2 nitrogen and oxygen atoms in total. The molecular formula is C22H34N2. The smallest absolute Gasteiger partial charge is 0.0784 e. The zero-order valence-electron chi connectivity index (χ0n) is 16.2. The Kier molecular flexibility index (Phi) is 12.3. The van der Waals surface area contributed by atoms with E-state index in [1.165, 1.54) is 5.57 Å². The number of allylic oxidation sites excluding steroid dienone is 7. The van der Waals surface area contributed by atoms with Crippen LogP contribution in [0.2, 0.25) is 0 Å². The van der Waals surface area contributed by atoms with Crippen LogP contribution in [0.1, 0.15) is 34.6 Å². The predicted octanol–water partition coefficient (Wildman–Crippen LogP) is 4.71. The van der Waals surface area contributed by atoms with Gasteiger partial charge in [-0.2, -0.15) is 0 Å². The van der Waals surface area contributed by atoms with Gasteiger partial charge in [-0.15, -0.1) is 0 Å². The summed E-state index contributed by atoms with van der Waals surface area (Å²) >= 11 is 0. The van der Waals surface area contributed by atoms with Crippen molar-refractivity contribution in [3.8, 4) is 11.8 Å². The highest BCUT2D eigenvalue weighted by molar-refractivity contribution is 5.38. The third-order valence-corrected chi connectivity index (χ3v) is 3.54. The molecule has 0 radical (unpaired) electrons. The van der Waals surface area contributed by atoms with Gasteiger partial charge in [-0.25, -0.2) is 0 Å². The van der Waals surface area contributed by atoms with Gasteiger partial charge in [0.25, 0.3) is 0 Å². The van der Waals surface area contributed by atoms with Gasteiger partial charge in [0.1, 0.15) is 0 Å². The normalized spacial score (nSPS) is 12.5. The Bertz CT molecular complexity index is 536. The molecule has 24 heavy (non-hydrogen) atoms. The van der Waals surface area contributed by atoms with E-state index in [4.69, 9.17) is 0 Å². The van der Waals surface area contributed by atoms with Crippen LogP contribution in [0.4, 0.5) is 0 Å². The number of hydrogen-bond donors (Lipinski definition) is 1. The SMILES string of the molecule is C=C/C=C(/C#CC(=C)NCCN(CC)C/C(C)=C/C=C\C)C(C)C. The van der Waals surface area contributed by atoms with Crippen LogP contribution in [0, 0.1) is 17.8 Å². The van der Waals surface area contributed by atoms with Gasteiger partial charge in [-0.05, 0) is 32.2 Å². The van der Waals surface area contributed by atoms with Crippen LogP contribution in [-0.2, 0) is 0 Å². The summed E-state index contributed by atoms with van der Waals surface area (Å²) in [5.41, 5.74) is 3.21. The maximum Gasteiger partial charge on any atom is 0.0784 e. The van der Waals surface area contributed by atoms with E-state index in [-0.39, 0.29) is 0 Å². The second kappa shape index (κ2) is 13.5. The lowest BCUT2D eigenvalue weighted by Crippen LogP contribution is -2.32. The molecule has 0 saturated carbocycles. The van der Waals surface area contributed by atoms with E-state index in [1.54, 1.807) is 6.08 Å². The predicted molar refractivity (Wildman–Crippen MR) is 109 cm³/mol. The molecule has 0 aliphatic heterocycles. The first-order chi connectivity index (χ1) is 11.4. The van der Waals surface area contributed by atoms with Crippen molar-refractivity contribution in [1.82, 2.24) is 10.2 Å². The van der Waals surface area contributed by atoms with Gasteiger partial charge in [0, 0.05) is 25.2 Å². The average Bonchev–Trinajstić information content (AvgIpc) is 2.55. The highest BCUT2D eigenvalue weighted by Crippen LogP contribution is 2.08. The largest absolute Gasteiger partial charge is 0.377 e. The van der Waals surface area contributed by atoms with Crippen LogP contribution in [0.5, 0.6) is 0 Å². The summed E-state index contributed by atoms with van der Waals surface area (Å²) in [5, 5.41) is 3.30. The van der Waals surface area contributed by atoms with E-state index in [0.29, 0.717) is 5.92 Å². The van der Waals surface area contributed by atoms with Crippen molar-refractivity contribution < 1.29 is 0 Å². The van der Waals surface area contributed by atoms with Crippen molar-refractivity contribution in [3.63, 3.8) is 0 Å². The maximum atomic E-state index is 3.99. The van der Waals surface area contributed by atoms with Gasteiger partial charge in [-0.3, -0.25) is 4.90 Å². The standard InChI is InChI=1S/C22H34N2/c1-8-11-13-20(6)18-24(10-3)17-16-23-21(7)14-15-22(12-9-2)19(4)5/h8-9,11-13,19,23H,2,7,10,16-18H2,1,3-6H3/b11-8-,20-13+,22-12-. The minimum absolute atomic E-state index is 0.394. The van der Waals surface area contributed by atoms with Crippen molar-refractivity contribution in [1.29, 1.82) is 0 Å². The van der Waals surface area contributed by atoms with Gasteiger partial charge in [-0.1, -0.05) is 75.8 Å². The second-order valence-electron chi connectivity index (χ2n) is 6.08. The number of hydrogen-bond acceptors (Lipinski definition) is 2. The number of nitrogens with one attached hydrogen (secondary N) is 1. The lowest BCUT2D eigenvalue weighted by Gasteiger charge is -2.21. The van der Waals surface area contributed by atoms with E-state index >= 15 is 0 Å². The Morgan fingerprint density at radius 3 is 2.50 bits per heavy atom. The second-order valence-corrected chi connectivity index (χ2v) is 6.08. The monoisotopic (exact) mass is 326 g/mol. The molecule has 0 unspecified atom stereocenters. The molecular weight excluding hydrogens is 292 g/mol. The molecule has 0 aromatic carbocycles. The molecule has 0 saturated heterocycles. The molecule has 0 atom stereocenters. The molecule has 0 rings (SSSR count). The first-order valence-corrected chi connectivity index (χ1v) is 8.72. The quantitative estimate of drug-likeness (QED) is 0.462. The maximum absolute atomic E-state index is 3.99. The Hall–Kier alpha value is -1.98. The van der Waals surface area contributed by atoms with Crippen molar-refractivity contribution in [2.75, 3.05) is 26.2 Å². The Morgan fingerprint density at radius 1 is 1.25 bits per heavy atom. The highest BCUT2D eigenvalue weighted by Gasteiger charge is 2.02. The van der Waals surface area contributed by atoms with Crippen molar-refractivity contribution in [3.05, 3.63) is 60.4 Å². The van der Waals surface area contributed by atoms with Gasteiger partial charge in [0.2, 0.25) is 0 Å². The summed E-state index contributed by atoms with van der Waals surface area (Å²) in [5.74, 6) is 6.67. The third-order valence-electron chi connectivity index (χ3n) is 3.54. The van der Waals surface area contributed by atoms with Crippen molar-refractivity contribution >= 4 is 0 Å². The van der Waals surface area contributed by atoms with Crippen LogP contribution in [0.25, 0.3) is 0 Å². The lowest BCUT2D eigenvalue weighted by atomic mass is 10.0. The molecule has 0 spiro atoms. The van der Waals surface area contributed by atoms with E-state index < -0.39 is 0 Å². The summed E-state index contributed by atoms with van der Waals surface area (Å²) < 4.78 is 0. The molecule has 0 aromatic rings. The van der Waals surface area contributed by atoms with E-state index in [1.807, 2.05) is 13.0 Å². The zero-order valence-corrected chi connectivity index (χ0v) is 16.2. The minimum atomic E-state index is 0.394. The fourth-order valence-electron chi connectivity index (χ4n) is 2.08. The summed E-state index contributed by atoms with van der Waals surface area (Å²) in [4.78, 5) is 2.40. The molecule has 1 N–H and O–H groups in total. The first kappa shape index (κ1) is 22.0. The van der Waals surface area contributed by atoms with E-state index in [9.17, 15) is 0 Å². The van der Waals surface area contributed by atoms with Crippen molar-refractivity contribution in [2.45, 2.75) is 34.6 Å². The van der Waals surface area contributed by atoms with Gasteiger partial charge in [0.15, 0.2) is 0 Å². The Labute approximate surface area is 149 Å². The number of nitrogens with zero attached hydrogens (tertiary/aromatic N) is 1. The summed E-state index contributed by atoms with van der Waals surface area (Å²) in [6.07, 6.45) is 10.0. The fourth-order valence-corrected chi connectivity index (χ4v) is 2.08. The highest BCUT2D eigenvalue weighted by atomic mass is 15.1. The zero-order chi connectivity index (χ0) is 18.4. The molecule has 2 heteroatoms. The summed E-state index contributed by atoms with van der Waals surface area (Å²) in [7, 11) is 0. The molecule has 132 valence electrons. The third kappa shape index (κ3) is 10.7.